The molecule has 0 radical (unpaired) electrons. The SMILES string of the molecule is CCN(CC)CC(=O)NCc1nc2cc(F)ccc2n1C. The number of carbonyl (C=O) groups is 1. The quantitative estimate of drug-likeness (QED) is 0.881. The van der Waals surface area contributed by atoms with Crippen LogP contribution in [0.4, 0.5) is 4.39 Å². The van der Waals surface area contributed by atoms with Gasteiger partial charge in [0.15, 0.2) is 0 Å². The standard InChI is InChI=1S/C15H21FN4O/c1-4-20(5-2)10-15(21)17-9-14-18-12-8-11(16)6-7-13(12)19(14)3/h6-8H,4-5,9-10H2,1-3H3,(H,17,21). The molecule has 0 aliphatic carbocycles. The molecule has 114 valence electrons. The van der Waals surface area contributed by atoms with Gasteiger partial charge in [0.2, 0.25) is 5.91 Å². The molecule has 0 spiro atoms. The number of nitrogens with zero attached hydrogens (tertiary/aromatic N) is 3. The van der Waals surface area contributed by atoms with Crippen molar-refractivity contribution in [2.45, 2.75) is 20.4 Å². The second-order valence-electron chi connectivity index (χ2n) is 4.96. The number of hydrogen-bond acceptors (Lipinski definition) is 3. The van der Waals surface area contributed by atoms with E-state index in [1.165, 1.54) is 12.1 Å². The molecule has 1 heterocycles. The summed E-state index contributed by atoms with van der Waals surface area (Å²) in [6.45, 7) is 6.46. The Morgan fingerprint density at radius 3 is 2.76 bits per heavy atom. The van der Waals surface area contributed by atoms with Gasteiger partial charge in [-0.25, -0.2) is 9.37 Å². The molecule has 0 bridgehead atoms. The van der Waals surface area contributed by atoms with Gasteiger partial charge in [-0.1, -0.05) is 13.8 Å². The first-order valence-corrected chi connectivity index (χ1v) is 7.15. The lowest BCUT2D eigenvalue weighted by Crippen LogP contribution is -2.37. The van der Waals surface area contributed by atoms with E-state index in [9.17, 15) is 9.18 Å². The molecule has 0 atom stereocenters. The lowest BCUT2D eigenvalue weighted by Gasteiger charge is -2.17. The Bertz CT molecular complexity index is 634. The minimum Gasteiger partial charge on any atom is -0.348 e. The van der Waals surface area contributed by atoms with Gasteiger partial charge in [0, 0.05) is 13.1 Å². The minimum atomic E-state index is -0.308. The van der Waals surface area contributed by atoms with Gasteiger partial charge in [-0.2, -0.15) is 0 Å². The van der Waals surface area contributed by atoms with Crippen molar-refractivity contribution in [2.75, 3.05) is 19.6 Å². The van der Waals surface area contributed by atoms with E-state index < -0.39 is 0 Å². The van der Waals surface area contributed by atoms with Crippen molar-refractivity contribution in [1.82, 2.24) is 19.8 Å². The molecule has 5 nitrogen and oxygen atoms in total. The Kier molecular flexibility index (Phi) is 4.90. The fourth-order valence-electron chi connectivity index (χ4n) is 2.26. The first-order chi connectivity index (χ1) is 10.0. The van der Waals surface area contributed by atoms with Crippen LogP contribution in [0.25, 0.3) is 11.0 Å². The number of aryl methyl sites for hydroxylation is 1. The normalized spacial score (nSPS) is 11.3. The molecule has 2 aromatic rings. The molecule has 0 aliphatic heterocycles. The summed E-state index contributed by atoms with van der Waals surface area (Å²) < 4.78 is 15.1. The fraction of sp³-hybridized carbons (Fsp3) is 0.467. The maximum Gasteiger partial charge on any atom is 0.234 e. The van der Waals surface area contributed by atoms with E-state index >= 15 is 0 Å². The van der Waals surface area contributed by atoms with E-state index in [1.807, 2.05) is 30.4 Å². The smallest absolute Gasteiger partial charge is 0.234 e. The van der Waals surface area contributed by atoms with Crippen LogP contribution in [-0.4, -0.2) is 40.0 Å². The van der Waals surface area contributed by atoms with Gasteiger partial charge in [-0.15, -0.1) is 0 Å². The summed E-state index contributed by atoms with van der Waals surface area (Å²) in [5.74, 6) is 0.373. The molecule has 0 fully saturated rings. The Hall–Kier alpha value is -1.95. The van der Waals surface area contributed by atoms with Gasteiger partial charge in [0.1, 0.15) is 11.6 Å². The third-order valence-electron chi connectivity index (χ3n) is 3.64. The molecule has 21 heavy (non-hydrogen) atoms. The van der Waals surface area contributed by atoms with Crippen molar-refractivity contribution in [3.8, 4) is 0 Å². The summed E-state index contributed by atoms with van der Waals surface area (Å²) in [4.78, 5) is 18.3. The Morgan fingerprint density at radius 2 is 2.10 bits per heavy atom. The number of aromatic nitrogens is 2. The fourth-order valence-corrected chi connectivity index (χ4v) is 2.26. The Labute approximate surface area is 123 Å². The van der Waals surface area contributed by atoms with Gasteiger partial charge >= 0.3 is 0 Å². The summed E-state index contributed by atoms with van der Waals surface area (Å²) in [5.41, 5.74) is 1.45. The van der Waals surface area contributed by atoms with Crippen molar-refractivity contribution < 1.29 is 9.18 Å². The van der Waals surface area contributed by atoms with Crippen molar-refractivity contribution in [3.63, 3.8) is 0 Å². The number of rotatable bonds is 6. The van der Waals surface area contributed by atoms with Crippen LogP contribution in [0.1, 0.15) is 19.7 Å². The number of carbonyl (C=O) groups excluding carboxylic acids is 1. The molecule has 0 saturated heterocycles. The predicted octanol–water partition coefficient (Wildman–Crippen LogP) is 1.67. The monoisotopic (exact) mass is 292 g/mol. The van der Waals surface area contributed by atoms with Gasteiger partial charge in [-0.3, -0.25) is 9.69 Å². The van der Waals surface area contributed by atoms with E-state index in [2.05, 4.69) is 10.3 Å². The van der Waals surface area contributed by atoms with E-state index in [4.69, 9.17) is 0 Å². The summed E-state index contributed by atoms with van der Waals surface area (Å²) in [6.07, 6.45) is 0. The molecule has 1 aromatic carbocycles. The minimum absolute atomic E-state index is 0.0306. The molecule has 6 heteroatoms. The number of hydrogen-bond donors (Lipinski definition) is 1. The number of halogens is 1. The zero-order valence-corrected chi connectivity index (χ0v) is 12.7. The summed E-state index contributed by atoms with van der Waals surface area (Å²) in [7, 11) is 1.86. The largest absolute Gasteiger partial charge is 0.348 e. The highest BCUT2D eigenvalue weighted by Crippen LogP contribution is 2.15. The number of likely N-dealkylation sites (N-methyl/N-ethyl adjacent to an activating group) is 1. The number of nitrogens with one attached hydrogen (secondary N) is 1. The van der Waals surface area contributed by atoms with Crippen LogP contribution in [-0.2, 0) is 18.4 Å². The maximum atomic E-state index is 13.2. The van der Waals surface area contributed by atoms with Crippen LogP contribution >= 0.6 is 0 Å². The van der Waals surface area contributed by atoms with Gasteiger partial charge in [0.05, 0.1) is 24.1 Å². The van der Waals surface area contributed by atoms with E-state index in [1.54, 1.807) is 6.07 Å². The number of imidazole rings is 1. The predicted molar refractivity (Wildman–Crippen MR) is 80.3 cm³/mol. The summed E-state index contributed by atoms with van der Waals surface area (Å²) >= 11 is 0. The molecule has 0 aliphatic rings. The average Bonchev–Trinajstić information content (AvgIpc) is 2.78. The average molecular weight is 292 g/mol. The highest BCUT2D eigenvalue weighted by Gasteiger charge is 2.11. The zero-order valence-electron chi connectivity index (χ0n) is 12.7. The van der Waals surface area contributed by atoms with Gasteiger partial charge in [-0.05, 0) is 25.2 Å². The molecule has 1 N–H and O–H groups in total. The Balaban J connectivity index is 2.03. The third-order valence-corrected chi connectivity index (χ3v) is 3.64. The molecule has 1 aromatic heterocycles. The van der Waals surface area contributed by atoms with Crippen molar-refractivity contribution in [2.24, 2.45) is 7.05 Å². The van der Waals surface area contributed by atoms with Crippen LogP contribution in [0.5, 0.6) is 0 Å². The van der Waals surface area contributed by atoms with Crippen LogP contribution in [0.2, 0.25) is 0 Å². The zero-order chi connectivity index (χ0) is 15.4. The van der Waals surface area contributed by atoms with E-state index in [0.29, 0.717) is 24.4 Å². The number of fused-ring (bicyclic) bond motifs is 1. The number of benzene rings is 1. The van der Waals surface area contributed by atoms with Gasteiger partial charge < -0.3 is 9.88 Å². The van der Waals surface area contributed by atoms with Crippen molar-refractivity contribution >= 4 is 16.9 Å². The van der Waals surface area contributed by atoms with Crippen molar-refractivity contribution in [3.05, 3.63) is 29.8 Å². The third kappa shape index (κ3) is 3.58. The van der Waals surface area contributed by atoms with E-state index in [0.717, 1.165) is 18.6 Å². The second-order valence-corrected chi connectivity index (χ2v) is 4.96. The lowest BCUT2D eigenvalue weighted by molar-refractivity contribution is -0.122. The first-order valence-electron chi connectivity index (χ1n) is 7.15. The van der Waals surface area contributed by atoms with Crippen LogP contribution in [0.3, 0.4) is 0 Å². The van der Waals surface area contributed by atoms with Crippen LogP contribution in [0.15, 0.2) is 18.2 Å². The first kappa shape index (κ1) is 15.4. The van der Waals surface area contributed by atoms with Crippen LogP contribution < -0.4 is 5.32 Å². The van der Waals surface area contributed by atoms with E-state index in [-0.39, 0.29) is 11.7 Å². The molecular weight excluding hydrogens is 271 g/mol. The van der Waals surface area contributed by atoms with Crippen LogP contribution in [0, 0.1) is 5.82 Å². The van der Waals surface area contributed by atoms with Crippen molar-refractivity contribution in [1.29, 1.82) is 0 Å². The summed E-state index contributed by atoms with van der Waals surface area (Å²) in [6, 6.07) is 4.50. The highest BCUT2D eigenvalue weighted by atomic mass is 19.1. The van der Waals surface area contributed by atoms with Gasteiger partial charge in [0.25, 0.3) is 0 Å². The maximum absolute atomic E-state index is 13.2. The molecule has 0 unspecified atom stereocenters. The summed E-state index contributed by atoms with van der Waals surface area (Å²) in [5, 5.41) is 2.86. The Morgan fingerprint density at radius 1 is 1.38 bits per heavy atom. The lowest BCUT2D eigenvalue weighted by atomic mass is 10.3. The molecule has 2 rings (SSSR count). The molecular formula is C15H21FN4O. The molecule has 1 amide bonds. The topological polar surface area (TPSA) is 50.2 Å². The highest BCUT2D eigenvalue weighted by molar-refractivity contribution is 5.78. The second kappa shape index (κ2) is 6.67. The molecule has 0 saturated carbocycles. The number of amides is 1.